The van der Waals surface area contributed by atoms with E-state index in [0.717, 1.165) is 6.42 Å². The highest BCUT2D eigenvalue weighted by Gasteiger charge is 2.16. The van der Waals surface area contributed by atoms with Gasteiger partial charge in [-0.1, -0.05) is 6.92 Å². The van der Waals surface area contributed by atoms with Crippen LogP contribution >= 0.6 is 0 Å². The van der Waals surface area contributed by atoms with Crippen LogP contribution < -0.4 is 5.32 Å². The molecule has 0 rings (SSSR count). The van der Waals surface area contributed by atoms with Crippen molar-refractivity contribution in [3.05, 3.63) is 0 Å². The van der Waals surface area contributed by atoms with E-state index in [1.54, 1.807) is 0 Å². The molecule has 5 heteroatoms. The fourth-order valence-corrected chi connectivity index (χ4v) is 0.899. The maximum absolute atomic E-state index is 10.6. The van der Waals surface area contributed by atoms with Gasteiger partial charge in [-0.25, -0.2) is 0 Å². The van der Waals surface area contributed by atoms with E-state index in [0.29, 0.717) is 6.54 Å². The number of aliphatic carboxylic acids is 2. The van der Waals surface area contributed by atoms with Gasteiger partial charge in [-0.05, 0) is 19.4 Å². The monoisotopic (exact) mass is 189 g/mol. The van der Waals surface area contributed by atoms with E-state index in [1.165, 1.54) is 0 Å². The highest BCUT2D eigenvalue weighted by molar-refractivity contribution is 5.75. The Morgan fingerprint density at radius 2 is 2.00 bits per heavy atom. The van der Waals surface area contributed by atoms with Crippen molar-refractivity contribution in [2.75, 3.05) is 6.54 Å². The lowest BCUT2D eigenvalue weighted by atomic mass is 10.1. The van der Waals surface area contributed by atoms with Gasteiger partial charge in [-0.3, -0.25) is 9.59 Å². The summed E-state index contributed by atoms with van der Waals surface area (Å²) in [6.45, 7) is 2.51. The van der Waals surface area contributed by atoms with E-state index in [9.17, 15) is 9.59 Å². The van der Waals surface area contributed by atoms with Gasteiger partial charge in [0, 0.05) is 6.42 Å². The lowest BCUT2D eigenvalue weighted by Crippen LogP contribution is -2.37. The Balaban J connectivity index is 3.80. The van der Waals surface area contributed by atoms with E-state index >= 15 is 0 Å². The topological polar surface area (TPSA) is 86.6 Å². The predicted octanol–water partition coefficient (Wildman–Crippen LogP) is 0.304. The van der Waals surface area contributed by atoms with E-state index in [-0.39, 0.29) is 12.8 Å². The molecule has 0 amide bonds. The Bertz CT molecular complexity index is 181. The first kappa shape index (κ1) is 11.9. The molecule has 0 aromatic rings. The molecule has 3 N–H and O–H groups in total. The van der Waals surface area contributed by atoms with Crippen molar-refractivity contribution in [3.63, 3.8) is 0 Å². The lowest BCUT2D eigenvalue weighted by Gasteiger charge is -2.11. The van der Waals surface area contributed by atoms with Gasteiger partial charge in [-0.2, -0.15) is 0 Å². The molecule has 0 aromatic carbocycles. The molecule has 0 aliphatic rings. The number of hydrogen-bond donors (Lipinski definition) is 3. The number of carboxylic acid groups (broad SMARTS) is 2. The second-order valence-corrected chi connectivity index (χ2v) is 2.78. The van der Waals surface area contributed by atoms with Crippen molar-refractivity contribution < 1.29 is 19.8 Å². The first-order valence-electron chi connectivity index (χ1n) is 4.26. The quantitative estimate of drug-likeness (QED) is 0.536. The fraction of sp³-hybridized carbons (Fsp3) is 0.750. The summed E-state index contributed by atoms with van der Waals surface area (Å²) in [5, 5.41) is 19.8. The summed E-state index contributed by atoms with van der Waals surface area (Å²) < 4.78 is 0. The van der Waals surface area contributed by atoms with Gasteiger partial charge < -0.3 is 15.5 Å². The molecule has 5 nitrogen and oxygen atoms in total. The molecule has 0 saturated heterocycles. The third-order valence-electron chi connectivity index (χ3n) is 1.59. The summed E-state index contributed by atoms with van der Waals surface area (Å²) in [5.41, 5.74) is 0. The summed E-state index contributed by atoms with van der Waals surface area (Å²) in [6, 6.07) is -0.740. The van der Waals surface area contributed by atoms with Crippen LogP contribution in [0, 0.1) is 0 Å². The van der Waals surface area contributed by atoms with Gasteiger partial charge in [0.1, 0.15) is 6.04 Å². The second kappa shape index (κ2) is 6.42. The minimum Gasteiger partial charge on any atom is -0.481 e. The number of nitrogens with one attached hydrogen (secondary N) is 1. The number of rotatable bonds is 7. The van der Waals surface area contributed by atoms with Gasteiger partial charge >= 0.3 is 11.9 Å². The van der Waals surface area contributed by atoms with Crippen molar-refractivity contribution in [3.8, 4) is 0 Å². The van der Waals surface area contributed by atoms with Gasteiger partial charge in [0.05, 0.1) is 0 Å². The third kappa shape index (κ3) is 6.10. The minimum atomic E-state index is -0.991. The maximum atomic E-state index is 10.6. The minimum absolute atomic E-state index is 0.117. The van der Waals surface area contributed by atoms with E-state index < -0.39 is 18.0 Å². The average molecular weight is 189 g/mol. The zero-order valence-electron chi connectivity index (χ0n) is 7.62. The van der Waals surface area contributed by atoms with Crippen LogP contribution in [0.15, 0.2) is 0 Å². The van der Waals surface area contributed by atoms with Crippen LogP contribution in [0.4, 0.5) is 0 Å². The molecule has 0 radical (unpaired) electrons. The van der Waals surface area contributed by atoms with Crippen LogP contribution in [0.1, 0.15) is 26.2 Å². The molecule has 0 aliphatic heterocycles. The molecular weight excluding hydrogens is 174 g/mol. The Hall–Kier alpha value is -1.10. The molecule has 0 aliphatic carbocycles. The number of carbonyl (C=O) groups is 2. The Morgan fingerprint density at radius 3 is 2.38 bits per heavy atom. The molecule has 13 heavy (non-hydrogen) atoms. The largest absolute Gasteiger partial charge is 0.481 e. The summed E-state index contributed by atoms with van der Waals surface area (Å²) >= 11 is 0. The zero-order valence-corrected chi connectivity index (χ0v) is 7.62. The second-order valence-electron chi connectivity index (χ2n) is 2.78. The highest BCUT2D eigenvalue weighted by Crippen LogP contribution is 1.97. The van der Waals surface area contributed by atoms with Gasteiger partial charge in [-0.15, -0.1) is 0 Å². The van der Waals surface area contributed by atoms with Crippen LogP contribution in [-0.4, -0.2) is 34.7 Å². The molecular formula is C8H15NO4. The summed E-state index contributed by atoms with van der Waals surface area (Å²) in [6.07, 6.45) is 0.842. The highest BCUT2D eigenvalue weighted by atomic mass is 16.4. The van der Waals surface area contributed by atoms with Crippen LogP contribution in [0.2, 0.25) is 0 Å². The van der Waals surface area contributed by atoms with Crippen LogP contribution in [0.5, 0.6) is 0 Å². The number of hydrogen-bond acceptors (Lipinski definition) is 3. The Kier molecular flexibility index (Phi) is 5.88. The summed E-state index contributed by atoms with van der Waals surface area (Å²) in [5.74, 6) is -1.96. The first-order valence-corrected chi connectivity index (χ1v) is 4.26. The summed E-state index contributed by atoms with van der Waals surface area (Å²) in [4.78, 5) is 20.7. The molecule has 0 aromatic heterocycles. The molecule has 0 heterocycles. The fourth-order valence-electron chi connectivity index (χ4n) is 0.899. The van der Waals surface area contributed by atoms with Crippen LogP contribution in [-0.2, 0) is 9.59 Å². The van der Waals surface area contributed by atoms with Crippen LogP contribution in [0.3, 0.4) is 0 Å². The van der Waals surface area contributed by atoms with Gasteiger partial charge in [0.25, 0.3) is 0 Å². The normalized spacial score (nSPS) is 12.4. The first-order chi connectivity index (χ1) is 6.07. The maximum Gasteiger partial charge on any atom is 0.320 e. The van der Waals surface area contributed by atoms with E-state index in [2.05, 4.69) is 5.32 Å². The van der Waals surface area contributed by atoms with Crippen molar-refractivity contribution in [1.82, 2.24) is 5.32 Å². The van der Waals surface area contributed by atoms with Crippen molar-refractivity contribution in [2.24, 2.45) is 0 Å². The lowest BCUT2D eigenvalue weighted by molar-refractivity contribution is -0.140. The molecule has 1 unspecified atom stereocenters. The summed E-state index contributed by atoms with van der Waals surface area (Å²) in [7, 11) is 0. The zero-order chi connectivity index (χ0) is 10.3. The number of carboxylic acids is 2. The third-order valence-corrected chi connectivity index (χ3v) is 1.59. The van der Waals surface area contributed by atoms with Crippen molar-refractivity contribution >= 4 is 11.9 Å². The predicted molar refractivity (Wildman–Crippen MR) is 46.6 cm³/mol. The molecule has 0 saturated carbocycles. The Morgan fingerprint density at radius 1 is 1.38 bits per heavy atom. The smallest absolute Gasteiger partial charge is 0.320 e. The molecule has 76 valence electrons. The van der Waals surface area contributed by atoms with Crippen molar-refractivity contribution in [2.45, 2.75) is 32.2 Å². The van der Waals surface area contributed by atoms with Crippen molar-refractivity contribution in [1.29, 1.82) is 0 Å². The van der Waals surface area contributed by atoms with Gasteiger partial charge in [0.2, 0.25) is 0 Å². The molecule has 0 bridgehead atoms. The SMILES string of the molecule is CCCNC(CCC(=O)O)C(=O)O. The molecule has 0 spiro atoms. The van der Waals surface area contributed by atoms with E-state index in [4.69, 9.17) is 10.2 Å². The van der Waals surface area contributed by atoms with Gasteiger partial charge in [0.15, 0.2) is 0 Å². The Labute approximate surface area is 76.8 Å². The molecule has 1 atom stereocenters. The standard InChI is InChI=1S/C8H15NO4/c1-2-5-9-6(8(12)13)3-4-7(10)11/h6,9H,2-5H2,1H3,(H,10,11)(H,12,13). The average Bonchev–Trinajstić information content (AvgIpc) is 2.03. The van der Waals surface area contributed by atoms with Crippen LogP contribution in [0.25, 0.3) is 0 Å². The van der Waals surface area contributed by atoms with E-state index in [1.807, 2.05) is 6.92 Å². The molecule has 0 fully saturated rings.